The van der Waals surface area contributed by atoms with Gasteiger partial charge in [-0.15, -0.1) is 6.58 Å². The first kappa shape index (κ1) is 23.9. The molecular formula is C21H24N2O7S. The van der Waals surface area contributed by atoms with Crippen molar-refractivity contribution >= 4 is 27.6 Å². The van der Waals surface area contributed by atoms with Crippen LogP contribution in [0.1, 0.15) is 15.9 Å². The molecule has 0 saturated carbocycles. The molecule has 1 amide bonds. The Labute approximate surface area is 181 Å². The minimum Gasteiger partial charge on any atom is -0.493 e. The van der Waals surface area contributed by atoms with Crippen molar-refractivity contribution in [2.75, 3.05) is 32.7 Å². The van der Waals surface area contributed by atoms with Gasteiger partial charge in [-0.2, -0.15) is 0 Å². The van der Waals surface area contributed by atoms with Gasteiger partial charge in [-0.05, 0) is 35.9 Å². The number of carbonyl (C=O) groups is 2. The highest BCUT2D eigenvalue weighted by molar-refractivity contribution is 7.88. The number of sulfonamides is 1. The Morgan fingerprint density at radius 3 is 2.39 bits per heavy atom. The molecule has 166 valence electrons. The van der Waals surface area contributed by atoms with E-state index in [2.05, 4.69) is 21.4 Å². The molecule has 2 rings (SSSR count). The molecule has 0 atom stereocenters. The molecule has 31 heavy (non-hydrogen) atoms. The summed E-state index contributed by atoms with van der Waals surface area (Å²) in [4.78, 5) is 23.8. The van der Waals surface area contributed by atoms with Gasteiger partial charge in [0.15, 0.2) is 18.1 Å². The second-order valence-corrected chi connectivity index (χ2v) is 8.08. The largest absolute Gasteiger partial charge is 0.493 e. The van der Waals surface area contributed by atoms with Crippen LogP contribution in [0.4, 0.5) is 5.69 Å². The molecule has 2 N–H and O–H groups in total. The van der Waals surface area contributed by atoms with Gasteiger partial charge in [-0.25, -0.2) is 17.9 Å². The smallest absolute Gasteiger partial charge is 0.343 e. The second kappa shape index (κ2) is 11.1. The van der Waals surface area contributed by atoms with Crippen LogP contribution in [0.5, 0.6) is 11.5 Å². The van der Waals surface area contributed by atoms with E-state index in [1.165, 1.54) is 38.5 Å². The molecule has 0 heterocycles. The number of hydrogen-bond donors (Lipinski definition) is 2. The fourth-order valence-corrected chi connectivity index (χ4v) is 3.57. The Bertz CT molecular complexity index is 1030. The number of anilines is 1. The standard InChI is InChI=1S/C21H24N2O7S/c1-4-11-22-31(26,27)14-15-5-8-17(9-6-15)23-21(25)16-7-10-18(19(12-16)28-2)30-13-20(24)29-3/h4-10,12,22H,1,11,13-14H2,2-3H3,(H,23,25). The van der Waals surface area contributed by atoms with E-state index in [4.69, 9.17) is 9.47 Å². The Kier molecular flexibility index (Phi) is 8.59. The number of rotatable bonds is 11. The van der Waals surface area contributed by atoms with E-state index < -0.39 is 21.9 Å². The molecule has 2 aromatic carbocycles. The Morgan fingerprint density at radius 1 is 1.06 bits per heavy atom. The lowest BCUT2D eigenvalue weighted by Crippen LogP contribution is -2.25. The minimum atomic E-state index is -3.46. The Hall–Kier alpha value is -3.37. The number of esters is 1. The van der Waals surface area contributed by atoms with Gasteiger partial charge in [0.25, 0.3) is 5.91 Å². The van der Waals surface area contributed by atoms with E-state index in [1.807, 2.05) is 0 Å². The second-order valence-electron chi connectivity index (χ2n) is 6.28. The molecule has 0 aliphatic heterocycles. The number of amides is 1. The van der Waals surface area contributed by atoms with Crippen LogP contribution in [0.2, 0.25) is 0 Å². The van der Waals surface area contributed by atoms with Crippen LogP contribution in [0.15, 0.2) is 55.1 Å². The number of nitrogens with one attached hydrogen (secondary N) is 2. The highest BCUT2D eigenvalue weighted by Crippen LogP contribution is 2.28. The van der Waals surface area contributed by atoms with Gasteiger partial charge < -0.3 is 19.5 Å². The third kappa shape index (κ3) is 7.43. The Balaban J connectivity index is 2.04. The average Bonchev–Trinajstić information content (AvgIpc) is 2.77. The first-order valence-electron chi connectivity index (χ1n) is 9.14. The summed E-state index contributed by atoms with van der Waals surface area (Å²) in [5, 5.41) is 2.72. The zero-order valence-corrected chi connectivity index (χ0v) is 18.0. The SMILES string of the molecule is C=CCNS(=O)(=O)Cc1ccc(NC(=O)c2ccc(OCC(=O)OC)c(OC)c2)cc1. The van der Waals surface area contributed by atoms with E-state index >= 15 is 0 Å². The van der Waals surface area contributed by atoms with Gasteiger partial charge in [0.2, 0.25) is 10.0 Å². The zero-order valence-electron chi connectivity index (χ0n) is 17.2. The van der Waals surface area contributed by atoms with E-state index in [0.29, 0.717) is 22.6 Å². The maximum absolute atomic E-state index is 12.5. The molecular weight excluding hydrogens is 424 g/mol. The molecule has 0 spiro atoms. The van der Waals surface area contributed by atoms with Gasteiger partial charge >= 0.3 is 5.97 Å². The van der Waals surface area contributed by atoms with Crippen molar-refractivity contribution in [2.45, 2.75) is 5.75 Å². The lowest BCUT2D eigenvalue weighted by molar-refractivity contribution is -0.142. The number of methoxy groups -OCH3 is 2. The maximum Gasteiger partial charge on any atom is 0.343 e. The van der Waals surface area contributed by atoms with Gasteiger partial charge in [0.05, 0.1) is 20.0 Å². The maximum atomic E-state index is 12.5. The quantitative estimate of drug-likeness (QED) is 0.399. The van der Waals surface area contributed by atoms with Gasteiger partial charge in [-0.1, -0.05) is 18.2 Å². The monoisotopic (exact) mass is 448 g/mol. The molecule has 9 nitrogen and oxygen atoms in total. The first-order valence-corrected chi connectivity index (χ1v) is 10.8. The number of benzene rings is 2. The van der Waals surface area contributed by atoms with Crippen molar-refractivity contribution in [2.24, 2.45) is 0 Å². The van der Waals surface area contributed by atoms with Gasteiger partial charge in [0, 0.05) is 17.8 Å². The highest BCUT2D eigenvalue weighted by atomic mass is 32.2. The number of carbonyl (C=O) groups excluding carboxylic acids is 2. The Morgan fingerprint density at radius 2 is 1.77 bits per heavy atom. The lowest BCUT2D eigenvalue weighted by Gasteiger charge is -2.12. The van der Waals surface area contributed by atoms with Crippen molar-refractivity contribution in [3.63, 3.8) is 0 Å². The zero-order chi connectivity index (χ0) is 22.9. The average molecular weight is 448 g/mol. The normalized spacial score (nSPS) is 10.8. The van der Waals surface area contributed by atoms with Crippen molar-refractivity contribution in [1.82, 2.24) is 4.72 Å². The number of ether oxygens (including phenoxy) is 3. The fourth-order valence-electron chi connectivity index (χ4n) is 2.47. The molecule has 2 aromatic rings. The fraction of sp³-hybridized carbons (Fsp3) is 0.238. The van der Waals surface area contributed by atoms with Crippen molar-refractivity contribution in [3.05, 3.63) is 66.2 Å². The summed E-state index contributed by atoms with van der Waals surface area (Å²) < 4.78 is 41.3. The van der Waals surface area contributed by atoms with Crippen molar-refractivity contribution in [1.29, 1.82) is 0 Å². The minimum absolute atomic E-state index is 0.159. The molecule has 0 bridgehead atoms. The molecule has 0 saturated heterocycles. The topological polar surface area (TPSA) is 120 Å². The van der Waals surface area contributed by atoms with Crippen LogP contribution in [-0.4, -0.2) is 47.7 Å². The van der Waals surface area contributed by atoms with Gasteiger partial charge in [0.1, 0.15) is 0 Å². The predicted molar refractivity (Wildman–Crippen MR) is 116 cm³/mol. The van der Waals surface area contributed by atoms with E-state index in [0.717, 1.165) is 0 Å². The highest BCUT2D eigenvalue weighted by Gasteiger charge is 2.14. The van der Waals surface area contributed by atoms with Crippen LogP contribution < -0.4 is 19.5 Å². The van der Waals surface area contributed by atoms with Crippen LogP contribution >= 0.6 is 0 Å². The van der Waals surface area contributed by atoms with Crippen molar-refractivity contribution < 1.29 is 32.2 Å². The summed E-state index contributed by atoms with van der Waals surface area (Å²) >= 11 is 0. The third-order valence-electron chi connectivity index (χ3n) is 4.02. The molecule has 10 heteroatoms. The van der Waals surface area contributed by atoms with E-state index in [-0.39, 0.29) is 24.7 Å². The first-order chi connectivity index (χ1) is 14.8. The molecule has 0 aliphatic carbocycles. The van der Waals surface area contributed by atoms with Crippen molar-refractivity contribution in [3.8, 4) is 11.5 Å². The summed E-state index contributed by atoms with van der Waals surface area (Å²) in [6.07, 6.45) is 1.46. The number of hydrogen-bond acceptors (Lipinski definition) is 7. The molecule has 0 unspecified atom stereocenters. The van der Waals surface area contributed by atoms with Crippen LogP contribution in [0, 0.1) is 0 Å². The lowest BCUT2D eigenvalue weighted by atomic mass is 10.1. The summed E-state index contributed by atoms with van der Waals surface area (Å²) in [5.74, 6) is -0.550. The van der Waals surface area contributed by atoms with Crippen LogP contribution in [-0.2, 0) is 25.3 Å². The molecule has 0 radical (unpaired) electrons. The summed E-state index contributed by atoms with van der Waals surface area (Å²) in [6, 6.07) is 11.0. The molecule has 0 fully saturated rings. The van der Waals surface area contributed by atoms with Gasteiger partial charge in [-0.3, -0.25) is 4.79 Å². The molecule has 0 aromatic heterocycles. The summed E-state index contributed by atoms with van der Waals surface area (Å²) in [6.45, 7) is 3.34. The van der Waals surface area contributed by atoms with E-state index in [1.54, 1.807) is 24.3 Å². The van der Waals surface area contributed by atoms with Crippen LogP contribution in [0.3, 0.4) is 0 Å². The summed E-state index contributed by atoms with van der Waals surface area (Å²) in [5.41, 5.74) is 1.38. The van der Waals surface area contributed by atoms with Crippen LogP contribution in [0.25, 0.3) is 0 Å². The summed E-state index contributed by atoms with van der Waals surface area (Å²) in [7, 11) is -0.796. The predicted octanol–water partition coefficient (Wildman–Crippen LogP) is 2.10. The molecule has 0 aliphatic rings. The van der Waals surface area contributed by atoms with E-state index in [9.17, 15) is 18.0 Å². The third-order valence-corrected chi connectivity index (χ3v) is 5.33.